The SMILES string of the molecule is CC(C(=O)O)N(c1ccccc1)S(=O)(=O)c1cccc([N+](=O)[O-])c1. The molecule has 0 aliphatic heterocycles. The fourth-order valence-electron chi connectivity index (χ4n) is 2.12. The first-order valence-electron chi connectivity index (χ1n) is 6.82. The van der Waals surface area contributed by atoms with Crippen molar-refractivity contribution in [2.24, 2.45) is 0 Å². The van der Waals surface area contributed by atoms with Crippen molar-refractivity contribution in [2.45, 2.75) is 17.9 Å². The molecular weight excluding hydrogens is 336 g/mol. The lowest BCUT2D eigenvalue weighted by atomic mass is 10.2. The van der Waals surface area contributed by atoms with Gasteiger partial charge in [0.25, 0.3) is 15.7 Å². The maximum absolute atomic E-state index is 12.9. The normalized spacial score (nSPS) is 12.4. The number of non-ortho nitro benzene ring substituents is 1. The van der Waals surface area contributed by atoms with Gasteiger partial charge in [0.05, 0.1) is 15.5 Å². The van der Waals surface area contributed by atoms with E-state index in [0.717, 1.165) is 16.4 Å². The standard InChI is InChI=1S/C15H14N2O6S/c1-11(15(18)19)16(12-6-3-2-4-7-12)24(22,23)14-9-5-8-13(10-14)17(20)21/h2-11H,1H3,(H,18,19). The lowest BCUT2D eigenvalue weighted by molar-refractivity contribution is -0.385. The minimum atomic E-state index is -4.31. The Balaban J connectivity index is 2.62. The van der Waals surface area contributed by atoms with Crippen LogP contribution >= 0.6 is 0 Å². The van der Waals surface area contributed by atoms with Crippen LogP contribution in [0.25, 0.3) is 0 Å². The van der Waals surface area contributed by atoms with E-state index < -0.39 is 32.6 Å². The summed E-state index contributed by atoms with van der Waals surface area (Å²) in [6.07, 6.45) is 0. The van der Waals surface area contributed by atoms with Crippen LogP contribution in [0.2, 0.25) is 0 Å². The highest BCUT2D eigenvalue weighted by Crippen LogP contribution is 2.27. The van der Waals surface area contributed by atoms with Crippen molar-refractivity contribution in [1.82, 2.24) is 0 Å². The first kappa shape index (κ1) is 17.4. The van der Waals surface area contributed by atoms with Gasteiger partial charge in [-0.05, 0) is 25.1 Å². The lowest BCUT2D eigenvalue weighted by Crippen LogP contribution is -2.43. The fraction of sp³-hybridized carbons (Fsp3) is 0.133. The number of anilines is 1. The number of nitro benzene ring substituents is 1. The van der Waals surface area contributed by atoms with E-state index in [0.29, 0.717) is 0 Å². The van der Waals surface area contributed by atoms with Crippen molar-refractivity contribution in [1.29, 1.82) is 0 Å². The van der Waals surface area contributed by atoms with Gasteiger partial charge in [0.15, 0.2) is 0 Å². The second kappa shape index (κ2) is 6.67. The van der Waals surface area contributed by atoms with Gasteiger partial charge in [-0.15, -0.1) is 0 Å². The fourth-order valence-corrected chi connectivity index (χ4v) is 3.77. The molecule has 0 saturated carbocycles. The number of sulfonamides is 1. The number of rotatable bonds is 6. The number of para-hydroxylation sites is 1. The number of carbonyl (C=O) groups is 1. The summed E-state index contributed by atoms with van der Waals surface area (Å²) in [6, 6.07) is 10.8. The van der Waals surface area contributed by atoms with Gasteiger partial charge >= 0.3 is 5.97 Å². The smallest absolute Gasteiger partial charge is 0.327 e. The minimum absolute atomic E-state index is 0.152. The van der Waals surface area contributed by atoms with Crippen LogP contribution in [0.4, 0.5) is 11.4 Å². The van der Waals surface area contributed by atoms with Crippen LogP contribution in [0.1, 0.15) is 6.92 Å². The molecule has 2 aromatic carbocycles. The van der Waals surface area contributed by atoms with E-state index in [4.69, 9.17) is 0 Å². The summed E-state index contributed by atoms with van der Waals surface area (Å²) in [4.78, 5) is 21.1. The third-order valence-corrected chi connectivity index (χ3v) is 5.20. The zero-order valence-electron chi connectivity index (χ0n) is 12.6. The van der Waals surface area contributed by atoms with Gasteiger partial charge in [0.2, 0.25) is 0 Å². The Labute approximate surface area is 138 Å². The molecule has 0 saturated heterocycles. The summed E-state index contributed by atoms with van der Waals surface area (Å²) in [7, 11) is -4.31. The third kappa shape index (κ3) is 3.35. The van der Waals surface area contributed by atoms with E-state index in [9.17, 15) is 28.4 Å². The predicted octanol–water partition coefficient (Wildman–Crippen LogP) is 2.26. The van der Waals surface area contributed by atoms with Crippen LogP contribution in [0.5, 0.6) is 0 Å². The molecule has 1 N–H and O–H groups in total. The molecule has 0 heterocycles. The quantitative estimate of drug-likeness (QED) is 0.630. The molecule has 1 atom stereocenters. The van der Waals surface area contributed by atoms with Gasteiger partial charge in [-0.1, -0.05) is 24.3 Å². The van der Waals surface area contributed by atoms with Crippen molar-refractivity contribution in [3.05, 3.63) is 64.7 Å². The zero-order chi connectivity index (χ0) is 17.9. The Hall–Kier alpha value is -2.94. The Morgan fingerprint density at radius 2 is 1.79 bits per heavy atom. The Bertz CT molecular complexity index is 867. The molecule has 0 aromatic heterocycles. The summed E-state index contributed by atoms with van der Waals surface area (Å²) in [5.41, 5.74) is -0.244. The largest absolute Gasteiger partial charge is 0.480 e. The molecule has 1 unspecified atom stereocenters. The van der Waals surface area contributed by atoms with E-state index in [2.05, 4.69) is 0 Å². The number of nitro groups is 1. The Morgan fingerprint density at radius 1 is 1.17 bits per heavy atom. The van der Waals surface area contributed by atoms with Gasteiger partial charge in [0.1, 0.15) is 6.04 Å². The van der Waals surface area contributed by atoms with Crippen LogP contribution < -0.4 is 4.31 Å². The summed E-state index contributed by atoms with van der Waals surface area (Å²) >= 11 is 0. The molecule has 8 nitrogen and oxygen atoms in total. The summed E-state index contributed by atoms with van der Waals surface area (Å²) in [5, 5.41) is 20.1. The first-order valence-corrected chi connectivity index (χ1v) is 8.26. The first-order chi connectivity index (χ1) is 11.2. The number of nitrogens with zero attached hydrogens (tertiary/aromatic N) is 2. The number of benzene rings is 2. The Morgan fingerprint density at radius 3 is 2.33 bits per heavy atom. The molecule has 2 aromatic rings. The molecule has 0 spiro atoms. The molecule has 9 heteroatoms. The van der Waals surface area contributed by atoms with E-state index in [1.54, 1.807) is 18.2 Å². The van der Waals surface area contributed by atoms with Crippen molar-refractivity contribution < 1.29 is 23.2 Å². The topological polar surface area (TPSA) is 118 Å². The second-order valence-electron chi connectivity index (χ2n) is 4.91. The van der Waals surface area contributed by atoms with Crippen LogP contribution in [0, 0.1) is 10.1 Å². The number of hydrogen-bond donors (Lipinski definition) is 1. The highest BCUT2D eigenvalue weighted by atomic mass is 32.2. The van der Waals surface area contributed by atoms with Crippen LogP contribution in [-0.4, -0.2) is 30.5 Å². The van der Waals surface area contributed by atoms with Crippen LogP contribution in [0.15, 0.2) is 59.5 Å². The number of carboxylic acids is 1. The number of hydrogen-bond acceptors (Lipinski definition) is 5. The third-order valence-electron chi connectivity index (χ3n) is 3.31. The monoisotopic (exact) mass is 350 g/mol. The minimum Gasteiger partial charge on any atom is -0.480 e. The second-order valence-corrected chi connectivity index (χ2v) is 6.72. The highest BCUT2D eigenvalue weighted by Gasteiger charge is 2.33. The summed E-state index contributed by atoms with van der Waals surface area (Å²) in [5.74, 6) is -1.34. The van der Waals surface area contributed by atoms with Crippen molar-refractivity contribution in [2.75, 3.05) is 4.31 Å². The van der Waals surface area contributed by atoms with E-state index >= 15 is 0 Å². The van der Waals surface area contributed by atoms with Gasteiger partial charge in [-0.2, -0.15) is 0 Å². The van der Waals surface area contributed by atoms with Crippen LogP contribution in [0.3, 0.4) is 0 Å². The van der Waals surface area contributed by atoms with Crippen LogP contribution in [-0.2, 0) is 14.8 Å². The van der Waals surface area contributed by atoms with Gasteiger partial charge < -0.3 is 5.11 Å². The van der Waals surface area contributed by atoms with Gasteiger partial charge in [-0.25, -0.2) is 13.2 Å². The molecule has 126 valence electrons. The maximum atomic E-state index is 12.9. The molecule has 0 amide bonds. The molecule has 0 fully saturated rings. The molecular formula is C15H14N2O6S. The lowest BCUT2D eigenvalue weighted by Gasteiger charge is -2.27. The Kier molecular flexibility index (Phi) is 4.84. The number of carboxylic acid groups (broad SMARTS) is 1. The average Bonchev–Trinajstić information content (AvgIpc) is 2.55. The van der Waals surface area contributed by atoms with E-state index in [1.165, 1.54) is 31.2 Å². The van der Waals surface area contributed by atoms with Crippen molar-refractivity contribution in [3.8, 4) is 0 Å². The molecule has 0 radical (unpaired) electrons. The molecule has 0 bridgehead atoms. The maximum Gasteiger partial charge on any atom is 0.327 e. The van der Waals surface area contributed by atoms with E-state index in [-0.39, 0.29) is 10.6 Å². The molecule has 0 aliphatic rings. The molecule has 2 rings (SSSR count). The highest BCUT2D eigenvalue weighted by molar-refractivity contribution is 7.93. The molecule has 24 heavy (non-hydrogen) atoms. The summed E-state index contributed by atoms with van der Waals surface area (Å²) in [6.45, 7) is 1.23. The van der Waals surface area contributed by atoms with E-state index in [1.807, 2.05) is 0 Å². The van der Waals surface area contributed by atoms with Crippen molar-refractivity contribution in [3.63, 3.8) is 0 Å². The average molecular weight is 350 g/mol. The van der Waals surface area contributed by atoms with Gasteiger partial charge in [0, 0.05) is 12.1 Å². The van der Waals surface area contributed by atoms with Gasteiger partial charge in [-0.3, -0.25) is 14.4 Å². The zero-order valence-corrected chi connectivity index (χ0v) is 13.4. The number of aliphatic carboxylic acids is 1. The summed E-state index contributed by atoms with van der Waals surface area (Å²) < 4.78 is 26.5. The van der Waals surface area contributed by atoms with Crippen molar-refractivity contribution >= 4 is 27.4 Å². The predicted molar refractivity (Wildman–Crippen MR) is 86.3 cm³/mol. The molecule has 0 aliphatic carbocycles.